The Labute approximate surface area is 179 Å². The lowest BCUT2D eigenvalue weighted by Crippen LogP contribution is -2.16. The molecule has 3 heterocycles. The highest BCUT2D eigenvalue weighted by molar-refractivity contribution is 6.01. The van der Waals surface area contributed by atoms with Gasteiger partial charge < -0.3 is 22.9 Å². The number of carbonyl (C=O) groups excluding carboxylic acids is 2. The summed E-state index contributed by atoms with van der Waals surface area (Å²) in [6, 6.07) is 12.8. The van der Waals surface area contributed by atoms with Crippen LogP contribution in [-0.2, 0) is 22.6 Å². The van der Waals surface area contributed by atoms with Crippen molar-refractivity contribution in [2.45, 2.75) is 27.0 Å². The van der Waals surface area contributed by atoms with Gasteiger partial charge in [-0.1, -0.05) is 18.2 Å². The van der Waals surface area contributed by atoms with Gasteiger partial charge in [-0.2, -0.15) is 0 Å². The number of aromatic nitrogens is 1. The average molecular weight is 421 g/mol. The molecule has 3 aromatic heterocycles. The maximum absolute atomic E-state index is 12.8. The number of furan rings is 2. The van der Waals surface area contributed by atoms with E-state index in [9.17, 15) is 9.59 Å². The predicted octanol–water partition coefficient (Wildman–Crippen LogP) is 4.68. The second kappa shape index (κ2) is 8.65. The molecule has 0 spiro atoms. The number of methoxy groups -OCH3 is 1. The van der Waals surface area contributed by atoms with Gasteiger partial charge in [0.25, 0.3) is 0 Å². The summed E-state index contributed by atoms with van der Waals surface area (Å²) in [5, 5.41) is 0.782. The Balaban J connectivity index is 1.50. The molecule has 31 heavy (non-hydrogen) atoms. The van der Waals surface area contributed by atoms with Gasteiger partial charge in [-0.15, -0.1) is 0 Å². The molecule has 7 nitrogen and oxygen atoms in total. The van der Waals surface area contributed by atoms with Crippen molar-refractivity contribution in [3.05, 3.63) is 82.8 Å². The number of esters is 1. The Bertz CT molecular complexity index is 1230. The minimum absolute atomic E-state index is 0.0548. The van der Waals surface area contributed by atoms with Crippen LogP contribution in [0.15, 0.2) is 57.6 Å². The number of aryl methyl sites for hydroxylation is 1. The summed E-state index contributed by atoms with van der Waals surface area (Å²) in [6.45, 7) is 4.12. The molecule has 0 aliphatic heterocycles. The molecule has 0 N–H and O–H groups in total. The number of hydrogen-bond donors (Lipinski definition) is 0. The molecule has 0 saturated carbocycles. The van der Waals surface area contributed by atoms with E-state index in [1.54, 1.807) is 25.5 Å². The molecule has 0 aliphatic rings. The number of ether oxygens (including phenoxy) is 2. The highest BCUT2D eigenvalue weighted by atomic mass is 16.5. The summed E-state index contributed by atoms with van der Waals surface area (Å²) in [7, 11) is 1.54. The van der Waals surface area contributed by atoms with Crippen molar-refractivity contribution in [3.63, 3.8) is 0 Å². The topological polar surface area (TPSA) is 83.8 Å². The molecular weight excluding hydrogens is 398 g/mol. The Morgan fingerprint density at radius 3 is 2.65 bits per heavy atom. The third-order valence-electron chi connectivity index (χ3n) is 5.27. The second-order valence-corrected chi connectivity index (χ2v) is 7.29. The van der Waals surface area contributed by atoms with Gasteiger partial charge in [0.15, 0.2) is 6.61 Å². The number of hydrogen-bond acceptors (Lipinski definition) is 6. The quantitative estimate of drug-likeness (QED) is 0.303. The first-order valence-electron chi connectivity index (χ1n) is 9.88. The number of Topliss-reactive ketones (excluding diaryl/α,β-unsaturated/α-hetero) is 1. The molecule has 7 heteroatoms. The normalized spacial score (nSPS) is 11.2. The molecule has 0 saturated heterocycles. The maximum atomic E-state index is 12.8. The van der Waals surface area contributed by atoms with Gasteiger partial charge >= 0.3 is 5.97 Å². The lowest BCUT2D eigenvalue weighted by molar-refractivity contribution is 0.0441. The largest absolute Gasteiger partial charge is 0.467 e. The monoisotopic (exact) mass is 421 g/mol. The summed E-state index contributed by atoms with van der Waals surface area (Å²) in [5.41, 5.74) is 3.39. The van der Waals surface area contributed by atoms with Crippen molar-refractivity contribution < 1.29 is 27.9 Å². The summed E-state index contributed by atoms with van der Waals surface area (Å²) in [4.78, 5) is 25.5. The fourth-order valence-corrected chi connectivity index (χ4v) is 3.71. The molecule has 0 bridgehead atoms. The van der Waals surface area contributed by atoms with Gasteiger partial charge in [-0.3, -0.25) is 4.79 Å². The lowest BCUT2D eigenvalue weighted by Gasteiger charge is -2.08. The van der Waals surface area contributed by atoms with E-state index < -0.39 is 5.97 Å². The van der Waals surface area contributed by atoms with E-state index in [-0.39, 0.29) is 24.8 Å². The van der Waals surface area contributed by atoms with Crippen LogP contribution in [0.25, 0.3) is 11.0 Å². The van der Waals surface area contributed by atoms with E-state index >= 15 is 0 Å². The van der Waals surface area contributed by atoms with Crippen molar-refractivity contribution in [2.24, 2.45) is 0 Å². The predicted molar refractivity (Wildman–Crippen MR) is 113 cm³/mol. The van der Waals surface area contributed by atoms with Gasteiger partial charge in [0.1, 0.15) is 11.3 Å². The number of carbonyl (C=O) groups is 2. The highest BCUT2D eigenvalue weighted by Gasteiger charge is 2.24. The van der Waals surface area contributed by atoms with Crippen LogP contribution in [0.2, 0.25) is 0 Å². The van der Waals surface area contributed by atoms with Crippen LogP contribution in [0.4, 0.5) is 0 Å². The van der Waals surface area contributed by atoms with Crippen molar-refractivity contribution in [1.82, 2.24) is 4.57 Å². The van der Waals surface area contributed by atoms with E-state index in [1.165, 1.54) is 0 Å². The first kappa shape index (κ1) is 20.7. The van der Waals surface area contributed by atoms with E-state index in [2.05, 4.69) is 0 Å². The van der Waals surface area contributed by atoms with E-state index in [0.29, 0.717) is 23.3 Å². The zero-order valence-electron chi connectivity index (χ0n) is 17.6. The zero-order valence-corrected chi connectivity index (χ0v) is 17.6. The standard InChI is InChI=1S/C24H23NO6/c1-15-11-19(16(2)25(15)12-17-7-6-10-29-17)21(26)14-30-24(27)23-20(13-28-3)18-8-4-5-9-22(18)31-23/h4-11H,12-14H2,1-3H3. The van der Waals surface area contributed by atoms with Crippen molar-refractivity contribution in [1.29, 1.82) is 0 Å². The first-order valence-corrected chi connectivity index (χ1v) is 9.88. The van der Waals surface area contributed by atoms with Crippen LogP contribution >= 0.6 is 0 Å². The summed E-state index contributed by atoms with van der Waals surface area (Å²) in [5.74, 6) is -0.125. The van der Waals surface area contributed by atoms with E-state index in [0.717, 1.165) is 22.5 Å². The van der Waals surface area contributed by atoms with Crippen LogP contribution in [0.1, 0.15) is 43.6 Å². The van der Waals surface area contributed by atoms with Crippen LogP contribution in [0, 0.1) is 13.8 Å². The molecule has 0 radical (unpaired) electrons. The Kier molecular flexibility index (Phi) is 5.77. The van der Waals surface area contributed by atoms with Crippen molar-refractivity contribution in [3.8, 4) is 0 Å². The van der Waals surface area contributed by atoms with Crippen molar-refractivity contribution >= 4 is 22.7 Å². The molecule has 0 amide bonds. The molecule has 160 valence electrons. The van der Waals surface area contributed by atoms with E-state index in [4.69, 9.17) is 18.3 Å². The smallest absolute Gasteiger partial charge is 0.375 e. The summed E-state index contributed by atoms with van der Waals surface area (Å²) in [6.07, 6.45) is 1.62. The Hall–Kier alpha value is -3.58. The minimum Gasteiger partial charge on any atom is -0.467 e. The molecule has 0 atom stereocenters. The minimum atomic E-state index is -0.694. The van der Waals surface area contributed by atoms with E-state index in [1.807, 2.05) is 48.7 Å². The molecular formula is C24H23NO6. The van der Waals surface area contributed by atoms with Crippen molar-refractivity contribution in [2.75, 3.05) is 13.7 Å². The number of fused-ring (bicyclic) bond motifs is 1. The maximum Gasteiger partial charge on any atom is 0.375 e. The third kappa shape index (κ3) is 4.04. The van der Waals surface area contributed by atoms with Crippen LogP contribution in [0.5, 0.6) is 0 Å². The molecule has 0 aliphatic carbocycles. The average Bonchev–Trinajstić information content (AvgIpc) is 3.47. The van der Waals surface area contributed by atoms with Gasteiger partial charge in [0.2, 0.25) is 11.5 Å². The Morgan fingerprint density at radius 1 is 1.10 bits per heavy atom. The third-order valence-corrected chi connectivity index (χ3v) is 5.27. The van der Waals surface area contributed by atoms with Gasteiger partial charge in [-0.25, -0.2) is 4.79 Å². The van der Waals surface area contributed by atoms with Crippen LogP contribution in [-0.4, -0.2) is 30.0 Å². The lowest BCUT2D eigenvalue weighted by atomic mass is 10.1. The number of nitrogens with zero attached hydrogens (tertiary/aromatic N) is 1. The second-order valence-electron chi connectivity index (χ2n) is 7.29. The highest BCUT2D eigenvalue weighted by Crippen LogP contribution is 2.27. The number of para-hydroxylation sites is 1. The van der Waals surface area contributed by atoms with Crippen LogP contribution < -0.4 is 0 Å². The van der Waals surface area contributed by atoms with Gasteiger partial charge in [-0.05, 0) is 38.1 Å². The van der Waals surface area contributed by atoms with Gasteiger partial charge in [0.05, 0.1) is 19.4 Å². The molecule has 0 unspecified atom stereocenters. The first-order chi connectivity index (χ1) is 15.0. The van der Waals surface area contributed by atoms with Gasteiger partial charge in [0, 0.05) is 35.0 Å². The molecule has 4 aromatic rings. The van der Waals surface area contributed by atoms with Crippen LogP contribution in [0.3, 0.4) is 0 Å². The number of ketones is 1. The summed E-state index contributed by atoms with van der Waals surface area (Å²) >= 11 is 0. The number of rotatable bonds is 8. The SMILES string of the molecule is COCc1c(C(=O)OCC(=O)c2cc(C)n(Cc3ccco3)c2C)oc2ccccc12. The zero-order chi connectivity index (χ0) is 22.0. The molecule has 1 aromatic carbocycles. The fourth-order valence-electron chi connectivity index (χ4n) is 3.71. The fraction of sp³-hybridized carbons (Fsp3) is 0.250. The summed E-state index contributed by atoms with van der Waals surface area (Å²) < 4.78 is 23.6. The Morgan fingerprint density at radius 2 is 1.90 bits per heavy atom. The number of benzene rings is 1. The molecule has 0 fully saturated rings. The molecule has 4 rings (SSSR count).